The summed E-state index contributed by atoms with van der Waals surface area (Å²) in [5.41, 5.74) is 2.67. The van der Waals surface area contributed by atoms with Gasteiger partial charge in [-0.05, 0) is 37.3 Å². The summed E-state index contributed by atoms with van der Waals surface area (Å²) in [6, 6.07) is 7.54. The predicted molar refractivity (Wildman–Crippen MR) is 127 cm³/mol. The Morgan fingerprint density at radius 1 is 0.939 bits per heavy atom. The van der Waals surface area contributed by atoms with E-state index in [0.717, 1.165) is 42.4 Å². The molecule has 0 aliphatic carbocycles. The molecule has 0 aromatic heterocycles. The van der Waals surface area contributed by atoms with Crippen LogP contribution in [0.2, 0.25) is 0 Å². The number of carbonyl (C=O) groups excluding carboxylic acids is 4. The normalized spacial score (nSPS) is 11.0. The number of hydrogen-bond donors (Lipinski definition) is 3. The van der Waals surface area contributed by atoms with E-state index in [4.69, 9.17) is 4.74 Å². The third-order valence-corrected chi connectivity index (χ3v) is 4.91. The quantitative estimate of drug-likeness (QED) is 0.176. The highest BCUT2D eigenvalue weighted by molar-refractivity contribution is 5.91. The van der Waals surface area contributed by atoms with Crippen molar-refractivity contribution in [3.05, 3.63) is 47.2 Å². The molecule has 0 bridgehead atoms. The van der Waals surface area contributed by atoms with Crippen molar-refractivity contribution in [2.24, 2.45) is 0 Å². The van der Waals surface area contributed by atoms with Crippen LogP contribution >= 0.6 is 0 Å². The van der Waals surface area contributed by atoms with Gasteiger partial charge in [0.15, 0.2) is 5.78 Å². The largest absolute Gasteiger partial charge is 0.392 e. The van der Waals surface area contributed by atoms with Gasteiger partial charge in [0.05, 0.1) is 0 Å². The average molecular weight is 460 g/mol. The van der Waals surface area contributed by atoms with Crippen LogP contribution in [-0.2, 0) is 36.9 Å². The number of benzene rings is 1. The van der Waals surface area contributed by atoms with Gasteiger partial charge in [-0.25, -0.2) is 0 Å². The molecule has 8 heteroatoms. The van der Waals surface area contributed by atoms with E-state index in [1.807, 2.05) is 31.2 Å². The van der Waals surface area contributed by atoms with Crippen LogP contribution in [0.4, 0.5) is 0 Å². The number of aldehydes is 1. The second-order valence-electron chi connectivity index (χ2n) is 7.84. The van der Waals surface area contributed by atoms with E-state index >= 15 is 0 Å². The molecular weight excluding hydrogens is 422 g/mol. The molecule has 0 heterocycles. The standard InChI is InChI=1S/C25H37N3O5/c1-20(26-2)16-23(30)17-21-9-11-22(12-10-21)18-28-25(32)19-33-15-7-8-24(31)27-13-5-3-4-6-14-29/h9-12,14,16,26H,3-8,13,15,17-19H2,1-2H3,(H,27,31)(H,28,32)/b20-16-. The summed E-state index contributed by atoms with van der Waals surface area (Å²) >= 11 is 0. The van der Waals surface area contributed by atoms with Crippen LogP contribution in [0.5, 0.6) is 0 Å². The third kappa shape index (κ3) is 14.6. The minimum absolute atomic E-state index is 0.0308. The van der Waals surface area contributed by atoms with E-state index in [9.17, 15) is 19.2 Å². The van der Waals surface area contributed by atoms with E-state index in [-0.39, 0.29) is 24.2 Å². The average Bonchev–Trinajstić information content (AvgIpc) is 2.80. The highest BCUT2D eigenvalue weighted by Gasteiger charge is 2.05. The Balaban J connectivity index is 2.12. The molecule has 1 aromatic rings. The number of ketones is 1. The van der Waals surface area contributed by atoms with E-state index < -0.39 is 0 Å². The van der Waals surface area contributed by atoms with Crippen LogP contribution in [0.25, 0.3) is 0 Å². The molecule has 3 N–H and O–H groups in total. The van der Waals surface area contributed by atoms with Crippen LogP contribution < -0.4 is 16.0 Å². The number of rotatable bonds is 18. The van der Waals surface area contributed by atoms with Crippen LogP contribution in [0.1, 0.15) is 56.6 Å². The molecule has 0 saturated carbocycles. The van der Waals surface area contributed by atoms with Crippen LogP contribution in [0.15, 0.2) is 36.0 Å². The lowest BCUT2D eigenvalue weighted by Crippen LogP contribution is -2.27. The molecule has 0 atom stereocenters. The summed E-state index contributed by atoms with van der Waals surface area (Å²) < 4.78 is 5.33. The molecule has 8 nitrogen and oxygen atoms in total. The van der Waals surface area contributed by atoms with Crippen LogP contribution in [0.3, 0.4) is 0 Å². The predicted octanol–water partition coefficient (Wildman–Crippen LogP) is 2.21. The third-order valence-electron chi connectivity index (χ3n) is 4.91. The van der Waals surface area contributed by atoms with Gasteiger partial charge in [0, 0.05) is 57.8 Å². The number of hydrogen-bond acceptors (Lipinski definition) is 6. The Hall–Kier alpha value is -3.00. The summed E-state index contributed by atoms with van der Waals surface area (Å²) in [5.74, 6) is -0.220. The van der Waals surface area contributed by atoms with Gasteiger partial charge in [-0.15, -0.1) is 0 Å². The van der Waals surface area contributed by atoms with Crippen LogP contribution in [-0.4, -0.2) is 50.7 Å². The highest BCUT2D eigenvalue weighted by atomic mass is 16.5. The van der Waals surface area contributed by atoms with Crippen LogP contribution in [0, 0.1) is 0 Å². The summed E-state index contributed by atoms with van der Waals surface area (Å²) in [6.45, 7) is 3.12. The lowest BCUT2D eigenvalue weighted by molar-refractivity contribution is -0.126. The zero-order chi connectivity index (χ0) is 24.3. The van der Waals surface area contributed by atoms with Crippen molar-refractivity contribution in [1.82, 2.24) is 16.0 Å². The Kier molecular flexibility index (Phi) is 14.9. The minimum atomic E-state index is -0.221. The molecule has 0 aliphatic rings. The first-order valence-corrected chi connectivity index (χ1v) is 11.5. The van der Waals surface area contributed by atoms with Gasteiger partial charge in [0.1, 0.15) is 12.9 Å². The van der Waals surface area contributed by atoms with Crippen molar-refractivity contribution in [3.63, 3.8) is 0 Å². The Morgan fingerprint density at radius 3 is 2.36 bits per heavy atom. The molecule has 0 spiro atoms. The number of unbranched alkanes of at least 4 members (excludes halogenated alkanes) is 3. The minimum Gasteiger partial charge on any atom is -0.392 e. The maximum Gasteiger partial charge on any atom is 0.246 e. The Bertz CT molecular complexity index is 775. The van der Waals surface area contributed by atoms with Gasteiger partial charge in [-0.1, -0.05) is 30.7 Å². The second-order valence-corrected chi connectivity index (χ2v) is 7.84. The first kappa shape index (κ1) is 28.0. The zero-order valence-corrected chi connectivity index (χ0v) is 19.8. The molecule has 1 aromatic carbocycles. The van der Waals surface area contributed by atoms with E-state index in [1.165, 1.54) is 0 Å². The van der Waals surface area contributed by atoms with Gasteiger partial charge < -0.3 is 25.5 Å². The fourth-order valence-corrected chi connectivity index (χ4v) is 2.94. The number of carbonyl (C=O) groups is 4. The van der Waals surface area contributed by atoms with Crippen molar-refractivity contribution < 1.29 is 23.9 Å². The van der Waals surface area contributed by atoms with Crippen molar-refractivity contribution in [1.29, 1.82) is 0 Å². The molecule has 1 rings (SSSR count). The fourth-order valence-electron chi connectivity index (χ4n) is 2.94. The van der Waals surface area contributed by atoms with Gasteiger partial charge >= 0.3 is 0 Å². The molecular formula is C25H37N3O5. The van der Waals surface area contributed by atoms with Gasteiger partial charge in [-0.2, -0.15) is 0 Å². The van der Waals surface area contributed by atoms with Crippen molar-refractivity contribution in [3.8, 4) is 0 Å². The highest BCUT2D eigenvalue weighted by Crippen LogP contribution is 2.06. The van der Waals surface area contributed by atoms with Crippen molar-refractivity contribution >= 4 is 23.9 Å². The van der Waals surface area contributed by atoms with E-state index in [2.05, 4.69) is 16.0 Å². The first-order valence-electron chi connectivity index (χ1n) is 11.5. The lowest BCUT2D eigenvalue weighted by Gasteiger charge is -2.08. The maximum absolute atomic E-state index is 11.9. The zero-order valence-electron chi connectivity index (χ0n) is 19.8. The smallest absolute Gasteiger partial charge is 0.246 e. The monoisotopic (exact) mass is 459 g/mol. The molecule has 2 amide bonds. The molecule has 0 unspecified atom stereocenters. The number of amides is 2. The number of allylic oxidation sites excluding steroid dienone is 2. The molecule has 0 saturated heterocycles. The molecule has 0 fully saturated rings. The Labute approximate surface area is 196 Å². The lowest BCUT2D eigenvalue weighted by atomic mass is 10.1. The Morgan fingerprint density at radius 2 is 1.67 bits per heavy atom. The fraction of sp³-hybridized carbons (Fsp3) is 0.520. The second kappa shape index (κ2) is 17.5. The summed E-state index contributed by atoms with van der Waals surface area (Å²) in [4.78, 5) is 45.8. The maximum atomic E-state index is 11.9. The van der Waals surface area contributed by atoms with Crippen molar-refractivity contribution in [2.45, 2.75) is 58.4 Å². The number of nitrogens with one attached hydrogen (secondary N) is 3. The summed E-state index contributed by atoms with van der Waals surface area (Å²) in [7, 11) is 1.77. The van der Waals surface area contributed by atoms with Gasteiger partial charge in [-0.3, -0.25) is 14.4 Å². The first-order chi connectivity index (χ1) is 15.9. The molecule has 182 valence electrons. The van der Waals surface area contributed by atoms with E-state index in [0.29, 0.717) is 45.4 Å². The molecule has 33 heavy (non-hydrogen) atoms. The molecule has 0 aliphatic heterocycles. The van der Waals surface area contributed by atoms with Gasteiger partial charge in [0.25, 0.3) is 0 Å². The molecule has 0 radical (unpaired) electrons. The van der Waals surface area contributed by atoms with E-state index in [1.54, 1.807) is 13.1 Å². The SMILES string of the molecule is CN/C(C)=C\C(=O)Cc1ccc(CNC(=O)COCCCC(=O)NCCCCCC=O)cc1. The van der Waals surface area contributed by atoms with Crippen molar-refractivity contribution in [2.75, 3.05) is 26.8 Å². The summed E-state index contributed by atoms with van der Waals surface area (Å²) in [6.07, 6.45) is 6.95. The number of ether oxygens (including phenoxy) is 1. The van der Waals surface area contributed by atoms with Gasteiger partial charge in [0.2, 0.25) is 11.8 Å². The summed E-state index contributed by atoms with van der Waals surface area (Å²) in [5, 5.41) is 8.55. The topological polar surface area (TPSA) is 114 Å².